The van der Waals surface area contributed by atoms with Crippen LogP contribution in [0.3, 0.4) is 0 Å². The first-order valence-electron chi connectivity index (χ1n) is 9.52. The molecule has 0 atom stereocenters. The number of nitrogens with zero attached hydrogens (tertiary/aromatic N) is 3. The first kappa shape index (κ1) is 20.4. The Labute approximate surface area is 170 Å². The molecule has 1 aliphatic rings. The molecule has 1 fully saturated rings. The summed E-state index contributed by atoms with van der Waals surface area (Å²) in [6.45, 7) is 3.35. The van der Waals surface area contributed by atoms with Crippen molar-refractivity contribution in [2.24, 2.45) is 10.7 Å². The molecule has 8 heteroatoms. The average molecular weight is 399 g/mol. The summed E-state index contributed by atoms with van der Waals surface area (Å²) in [5.41, 5.74) is 6.75. The summed E-state index contributed by atoms with van der Waals surface area (Å²) in [7, 11) is 1.75. The molecule has 0 unspecified atom stereocenters. The molecule has 7 nitrogen and oxygen atoms in total. The highest BCUT2D eigenvalue weighted by Gasteiger charge is 2.21. The lowest BCUT2D eigenvalue weighted by molar-refractivity contribution is -0.119. The van der Waals surface area contributed by atoms with Gasteiger partial charge in [-0.1, -0.05) is 24.3 Å². The summed E-state index contributed by atoms with van der Waals surface area (Å²) in [6, 6.07) is 14.3. The summed E-state index contributed by atoms with van der Waals surface area (Å²) in [6.07, 6.45) is 0. The largest absolute Gasteiger partial charge is 0.484 e. The van der Waals surface area contributed by atoms with Crippen LogP contribution in [0.25, 0.3) is 0 Å². The second-order valence-electron chi connectivity index (χ2n) is 6.73. The van der Waals surface area contributed by atoms with Crippen LogP contribution in [0.2, 0.25) is 0 Å². The number of carbonyl (C=O) groups excluding carboxylic acids is 1. The van der Waals surface area contributed by atoms with E-state index in [4.69, 9.17) is 10.5 Å². The first-order chi connectivity index (χ1) is 14.1. The molecule has 29 heavy (non-hydrogen) atoms. The van der Waals surface area contributed by atoms with Gasteiger partial charge in [0.2, 0.25) is 0 Å². The van der Waals surface area contributed by atoms with Crippen LogP contribution >= 0.6 is 0 Å². The molecule has 3 N–H and O–H groups in total. The van der Waals surface area contributed by atoms with Crippen molar-refractivity contribution in [1.82, 2.24) is 10.2 Å². The molecule has 1 heterocycles. The maximum Gasteiger partial charge on any atom is 0.255 e. The van der Waals surface area contributed by atoms with Gasteiger partial charge in [0.15, 0.2) is 12.6 Å². The summed E-state index contributed by atoms with van der Waals surface area (Å²) in [5, 5.41) is 3.35. The Morgan fingerprint density at radius 2 is 1.93 bits per heavy atom. The Morgan fingerprint density at radius 1 is 1.17 bits per heavy atom. The van der Waals surface area contributed by atoms with Gasteiger partial charge in [-0.3, -0.25) is 9.79 Å². The fraction of sp³-hybridized carbons (Fsp3) is 0.333. The molecule has 3 rings (SSSR count). The number of primary amides is 1. The van der Waals surface area contributed by atoms with Crippen molar-refractivity contribution < 1.29 is 13.9 Å². The Balaban J connectivity index is 1.53. The van der Waals surface area contributed by atoms with Gasteiger partial charge in [0.05, 0.1) is 5.69 Å². The molecule has 1 saturated heterocycles. The molecule has 0 saturated carbocycles. The number of nitrogens with one attached hydrogen (secondary N) is 1. The second kappa shape index (κ2) is 9.77. The predicted octanol–water partition coefficient (Wildman–Crippen LogP) is 1.59. The molecule has 0 aliphatic carbocycles. The third-order valence-electron chi connectivity index (χ3n) is 4.71. The van der Waals surface area contributed by atoms with Gasteiger partial charge in [-0.25, -0.2) is 4.39 Å². The van der Waals surface area contributed by atoms with Crippen LogP contribution in [0.5, 0.6) is 5.75 Å². The quantitative estimate of drug-likeness (QED) is 0.569. The first-order valence-corrected chi connectivity index (χ1v) is 9.52. The number of benzene rings is 2. The van der Waals surface area contributed by atoms with E-state index in [2.05, 4.69) is 20.1 Å². The van der Waals surface area contributed by atoms with Gasteiger partial charge in [0.1, 0.15) is 11.6 Å². The maximum atomic E-state index is 14.0. The van der Waals surface area contributed by atoms with E-state index in [9.17, 15) is 9.18 Å². The third-order valence-corrected chi connectivity index (χ3v) is 4.71. The number of hydrogen-bond donors (Lipinski definition) is 2. The molecular weight excluding hydrogens is 373 g/mol. The van der Waals surface area contributed by atoms with E-state index in [0.717, 1.165) is 37.7 Å². The van der Waals surface area contributed by atoms with Gasteiger partial charge in [0.25, 0.3) is 5.91 Å². The molecule has 1 aliphatic heterocycles. The summed E-state index contributed by atoms with van der Waals surface area (Å²) in [5.74, 6) is 0.684. The SMILES string of the molecule is CN=C(NCc1cccc(OCC(N)=O)c1)N1CCN(c2ccccc2F)CC1. The zero-order valence-electron chi connectivity index (χ0n) is 16.5. The van der Waals surface area contributed by atoms with E-state index >= 15 is 0 Å². The monoisotopic (exact) mass is 399 g/mol. The molecule has 0 radical (unpaired) electrons. The molecule has 2 aromatic carbocycles. The average Bonchev–Trinajstić information content (AvgIpc) is 2.74. The van der Waals surface area contributed by atoms with Gasteiger partial charge >= 0.3 is 0 Å². The highest BCUT2D eigenvalue weighted by Crippen LogP contribution is 2.20. The number of carbonyl (C=O) groups is 1. The van der Waals surface area contributed by atoms with Crippen LogP contribution in [-0.4, -0.2) is 56.6 Å². The topological polar surface area (TPSA) is 83.2 Å². The van der Waals surface area contributed by atoms with Crippen LogP contribution in [0.4, 0.5) is 10.1 Å². The number of ether oxygens (including phenoxy) is 1. The number of rotatable bonds is 6. The number of para-hydroxylation sites is 1. The summed E-state index contributed by atoms with van der Waals surface area (Å²) in [4.78, 5) is 19.4. The minimum Gasteiger partial charge on any atom is -0.484 e. The van der Waals surface area contributed by atoms with Crippen LogP contribution in [0.1, 0.15) is 5.56 Å². The number of amides is 1. The van der Waals surface area contributed by atoms with E-state index in [0.29, 0.717) is 18.0 Å². The van der Waals surface area contributed by atoms with Gasteiger partial charge < -0.3 is 25.6 Å². The third kappa shape index (κ3) is 5.60. The zero-order valence-corrected chi connectivity index (χ0v) is 16.5. The molecule has 154 valence electrons. The Hall–Kier alpha value is -3.29. The lowest BCUT2D eigenvalue weighted by Crippen LogP contribution is -2.52. The Bertz CT molecular complexity index is 866. The Kier molecular flexibility index (Phi) is 6.89. The van der Waals surface area contributed by atoms with E-state index in [-0.39, 0.29) is 12.4 Å². The van der Waals surface area contributed by atoms with E-state index < -0.39 is 5.91 Å². The lowest BCUT2D eigenvalue weighted by atomic mass is 10.2. The van der Waals surface area contributed by atoms with Crippen molar-refractivity contribution in [2.45, 2.75) is 6.54 Å². The molecule has 0 spiro atoms. The second-order valence-corrected chi connectivity index (χ2v) is 6.73. The van der Waals surface area contributed by atoms with E-state index in [1.54, 1.807) is 19.2 Å². The number of hydrogen-bond acceptors (Lipinski definition) is 4. The fourth-order valence-corrected chi connectivity index (χ4v) is 3.28. The van der Waals surface area contributed by atoms with Gasteiger partial charge in [-0.15, -0.1) is 0 Å². The highest BCUT2D eigenvalue weighted by atomic mass is 19.1. The number of nitrogens with two attached hydrogens (primary N) is 1. The lowest BCUT2D eigenvalue weighted by Gasteiger charge is -2.37. The Morgan fingerprint density at radius 3 is 2.62 bits per heavy atom. The van der Waals surface area contributed by atoms with Gasteiger partial charge in [-0.05, 0) is 29.8 Å². The zero-order chi connectivity index (χ0) is 20.6. The normalized spacial score (nSPS) is 14.6. The van der Waals surface area contributed by atoms with Gasteiger partial charge in [-0.2, -0.15) is 0 Å². The van der Waals surface area contributed by atoms with Crippen LogP contribution in [-0.2, 0) is 11.3 Å². The van der Waals surface area contributed by atoms with Crippen molar-refractivity contribution in [1.29, 1.82) is 0 Å². The van der Waals surface area contributed by atoms with Crippen molar-refractivity contribution in [3.05, 3.63) is 59.9 Å². The van der Waals surface area contributed by atoms with Gasteiger partial charge in [0, 0.05) is 39.8 Å². The minimum atomic E-state index is -0.511. The maximum absolute atomic E-state index is 14.0. The minimum absolute atomic E-state index is 0.148. The van der Waals surface area contributed by atoms with Crippen molar-refractivity contribution in [3.8, 4) is 5.75 Å². The van der Waals surface area contributed by atoms with Crippen LogP contribution < -0.4 is 20.7 Å². The molecule has 2 aromatic rings. The number of aliphatic imine (C=N–C) groups is 1. The summed E-state index contributed by atoms with van der Waals surface area (Å²) >= 11 is 0. The van der Waals surface area contributed by atoms with E-state index in [1.807, 2.05) is 30.3 Å². The molecule has 0 bridgehead atoms. The summed E-state index contributed by atoms with van der Waals surface area (Å²) < 4.78 is 19.4. The fourth-order valence-electron chi connectivity index (χ4n) is 3.28. The molecular formula is C21H26FN5O2. The van der Waals surface area contributed by atoms with Crippen molar-refractivity contribution in [2.75, 3.05) is 44.7 Å². The standard InChI is InChI=1S/C21H26FN5O2/c1-24-21(25-14-16-5-4-6-17(13-16)29-15-20(23)28)27-11-9-26(10-12-27)19-8-3-2-7-18(19)22/h2-8,13H,9-12,14-15H2,1H3,(H2,23,28)(H,24,25). The van der Waals surface area contributed by atoms with Crippen molar-refractivity contribution in [3.63, 3.8) is 0 Å². The molecule has 0 aromatic heterocycles. The van der Waals surface area contributed by atoms with Crippen molar-refractivity contribution >= 4 is 17.6 Å². The predicted molar refractivity (Wildman–Crippen MR) is 112 cm³/mol. The number of halogens is 1. The van der Waals surface area contributed by atoms with E-state index in [1.165, 1.54) is 6.07 Å². The van der Waals surface area contributed by atoms with Crippen LogP contribution in [0, 0.1) is 5.82 Å². The van der Waals surface area contributed by atoms with Crippen LogP contribution in [0.15, 0.2) is 53.5 Å². The number of guanidine groups is 1. The smallest absolute Gasteiger partial charge is 0.255 e. The highest BCUT2D eigenvalue weighted by molar-refractivity contribution is 5.80. The number of anilines is 1. The molecule has 1 amide bonds. The number of piperazine rings is 1.